The highest BCUT2D eigenvalue weighted by molar-refractivity contribution is 7.89. The summed E-state index contributed by atoms with van der Waals surface area (Å²) in [7, 11) is -7.55. The Hall–Kier alpha value is -5.76. The molecule has 4 aromatic carbocycles. The van der Waals surface area contributed by atoms with Gasteiger partial charge in [-0.2, -0.15) is 10.5 Å². The molecule has 0 heterocycles. The number of ether oxygens (including phenoxy) is 6. The Morgan fingerprint density at radius 2 is 0.865 bits per heavy atom. The van der Waals surface area contributed by atoms with Crippen molar-refractivity contribution < 1.29 is 54.8 Å². The molecular weight excluding hydrogens is 1040 g/mol. The van der Waals surface area contributed by atoms with Crippen LogP contribution in [-0.2, 0) is 51.8 Å². The van der Waals surface area contributed by atoms with Crippen molar-refractivity contribution in [2.45, 2.75) is 60.5 Å². The van der Waals surface area contributed by atoms with Crippen molar-refractivity contribution in [1.29, 1.82) is 10.5 Å². The van der Waals surface area contributed by atoms with Crippen LogP contribution in [0.15, 0.2) is 82.6 Å². The molecule has 0 bridgehead atoms. The lowest BCUT2D eigenvalue weighted by molar-refractivity contribution is 0.0516. The van der Waals surface area contributed by atoms with Crippen molar-refractivity contribution in [1.82, 2.24) is 30.7 Å². The third-order valence-electron chi connectivity index (χ3n) is 11.6. The lowest BCUT2D eigenvalue weighted by Crippen LogP contribution is -2.39. The Balaban J connectivity index is 0.678. The number of benzene rings is 4. The highest BCUT2D eigenvalue weighted by Crippen LogP contribution is 2.40. The Morgan fingerprint density at radius 3 is 1.23 bits per heavy atom. The van der Waals surface area contributed by atoms with E-state index in [0.29, 0.717) is 84.3 Å². The quantitative estimate of drug-likeness (QED) is 0.0336. The van der Waals surface area contributed by atoms with E-state index in [4.69, 9.17) is 51.6 Å². The molecule has 0 saturated carbocycles. The fourth-order valence-electron chi connectivity index (χ4n) is 8.04. The van der Waals surface area contributed by atoms with E-state index >= 15 is 0 Å². The molecule has 74 heavy (non-hydrogen) atoms. The van der Waals surface area contributed by atoms with Crippen molar-refractivity contribution in [2.75, 3.05) is 92.1 Å². The summed E-state index contributed by atoms with van der Waals surface area (Å²) in [6, 6.07) is 22.8. The van der Waals surface area contributed by atoms with Crippen molar-refractivity contribution in [3.63, 3.8) is 0 Å². The SMILES string of the molecule is N#Cc1cc(Cl)cc2c1CC[C@H]2Oc1ccc(S(=O)(=O)NCCOCCOCCNC(=O)NCCCCNC(=O)NCCOCCOCCNS(=O)(=O)c2ccc(O[C@@H]3CCc4c(C#N)cc(Cl)cc43)cc2)cc1. The van der Waals surface area contributed by atoms with Crippen LogP contribution in [0.5, 0.6) is 11.5 Å². The second-order valence-electron chi connectivity index (χ2n) is 16.8. The largest absolute Gasteiger partial charge is 0.486 e. The van der Waals surface area contributed by atoms with E-state index in [1.165, 1.54) is 24.3 Å². The number of hydrogen-bond donors (Lipinski definition) is 6. The molecule has 4 amide bonds. The number of hydrogen-bond acceptors (Lipinski definition) is 14. The number of rotatable bonds is 31. The normalized spacial score (nSPS) is 14.8. The van der Waals surface area contributed by atoms with Crippen LogP contribution in [0.3, 0.4) is 0 Å². The smallest absolute Gasteiger partial charge is 0.314 e. The topological polar surface area (TPSA) is 278 Å². The van der Waals surface area contributed by atoms with Gasteiger partial charge in [0.2, 0.25) is 20.0 Å². The first-order valence-electron chi connectivity index (χ1n) is 24.1. The summed E-state index contributed by atoms with van der Waals surface area (Å²) in [4.78, 5) is 24.3. The number of urea groups is 2. The van der Waals surface area contributed by atoms with Crippen LogP contribution in [-0.4, -0.2) is 121 Å². The van der Waals surface area contributed by atoms with Gasteiger partial charge < -0.3 is 49.7 Å². The molecule has 0 unspecified atom stereocenters. The van der Waals surface area contributed by atoms with Crippen molar-refractivity contribution >= 4 is 55.3 Å². The first-order valence-corrected chi connectivity index (χ1v) is 27.8. The zero-order chi connectivity index (χ0) is 52.8. The number of carbonyl (C=O) groups is 2. The predicted molar refractivity (Wildman–Crippen MR) is 274 cm³/mol. The highest BCUT2D eigenvalue weighted by atomic mass is 35.5. The summed E-state index contributed by atoms with van der Waals surface area (Å²) in [6.07, 6.45) is 3.47. The minimum atomic E-state index is -3.78. The maximum Gasteiger partial charge on any atom is 0.314 e. The third-order valence-corrected chi connectivity index (χ3v) is 15.0. The summed E-state index contributed by atoms with van der Waals surface area (Å²) in [5.74, 6) is 0.998. The molecule has 0 spiro atoms. The van der Waals surface area contributed by atoms with Crippen molar-refractivity contribution in [3.05, 3.63) is 116 Å². The number of amides is 4. The number of carbonyl (C=O) groups excluding carboxylic acids is 2. The number of nitrogens with zero attached hydrogens (tertiary/aromatic N) is 2. The number of nitriles is 2. The molecule has 0 aromatic heterocycles. The average Bonchev–Trinajstić information content (AvgIpc) is 3.98. The van der Waals surface area contributed by atoms with Gasteiger partial charge >= 0.3 is 12.1 Å². The molecule has 0 radical (unpaired) electrons. The van der Waals surface area contributed by atoms with E-state index in [2.05, 4.69) is 42.8 Å². The fourth-order valence-corrected chi connectivity index (χ4v) is 10.5. The molecule has 398 valence electrons. The third kappa shape index (κ3) is 18.0. The molecule has 6 N–H and O–H groups in total. The summed E-state index contributed by atoms with van der Waals surface area (Å²) < 4.78 is 90.1. The van der Waals surface area contributed by atoms with Crippen molar-refractivity contribution in [2.24, 2.45) is 0 Å². The summed E-state index contributed by atoms with van der Waals surface area (Å²) in [5.41, 5.74) is 4.66. The van der Waals surface area contributed by atoms with Gasteiger partial charge in [0.25, 0.3) is 0 Å². The Kier molecular flexibility index (Phi) is 22.8. The van der Waals surface area contributed by atoms with Gasteiger partial charge in [-0.3, -0.25) is 0 Å². The van der Waals surface area contributed by atoms with Gasteiger partial charge in [-0.1, -0.05) is 23.2 Å². The first kappa shape index (κ1) is 57.5. The van der Waals surface area contributed by atoms with Gasteiger partial charge in [0.1, 0.15) is 23.7 Å². The Bertz CT molecular complexity index is 2620. The molecule has 20 nitrogen and oxygen atoms in total. The maximum absolute atomic E-state index is 12.8. The van der Waals surface area contributed by atoms with Gasteiger partial charge in [0.05, 0.1) is 85.9 Å². The monoisotopic (exact) mass is 1100 g/mol. The minimum Gasteiger partial charge on any atom is -0.486 e. The van der Waals surface area contributed by atoms with Crippen LogP contribution in [0.25, 0.3) is 0 Å². The molecule has 0 fully saturated rings. The molecule has 4 aromatic rings. The lowest BCUT2D eigenvalue weighted by atomic mass is 10.0. The average molecular weight is 1100 g/mol. The fraction of sp³-hybridized carbons (Fsp3) is 0.440. The first-order chi connectivity index (χ1) is 35.8. The van der Waals surface area contributed by atoms with E-state index < -0.39 is 20.0 Å². The lowest BCUT2D eigenvalue weighted by Gasteiger charge is -2.16. The number of unbranched alkanes of at least 4 members (excludes halogenated alkanes) is 1. The van der Waals surface area contributed by atoms with Crippen LogP contribution in [0.2, 0.25) is 10.0 Å². The standard InChI is InChI=1S/C50H60Cl2N8O12S2/c51-37-29-35(33-53)43-11-13-47(45(43)31-37)71-39-3-7-41(8-4-39)73(63,64)59-19-23-69-27-25-67-21-17-57-49(61)55-15-1-2-16-56-50(62)58-18-22-68-26-28-70-24-20-60-74(65,66)42-9-5-40(6-10-42)72-48-14-12-44-36(34-54)30-38(52)32-46(44)48/h3-10,29-32,47-48,59-60H,1-2,11-28H2,(H2,55,57,61)(H2,56,58,62)/t47-,48-/m1/s1. The van der Waals surface area contributed by atoms with Gasteiger partial charge in [0.15, 0.2) is 0 Å². The number of halogens is 2. The molecule has 24 heteroatoms. The van der Waals surface area contributed by atoms with Crippen LogP contribution in [0.4, 0.5) is 9.59 Å². The van der Waals surface area contributed by atoms with Gasteiger partial charge in [-0.15, -0.1) is 0 Å². The van der Waals surface area contributed by atoms with Crippen LogP contribution in [0, 0.1) is 22.7 Å². The minimum absolute atomic E-state index is 0.0571. The molecule has 2 atom stereocenters. The van der Waals surface area contributed by atoms with E-state index in [0.717, 1.165) is 22.3 Å². The Labute approximate surface area is 441 Å². The second-order valence-corrected chi connectivity index (χ2v) is 21.2. The Morgan fingerprint density at radius 1 is 0.514 bits per heavy atom. The van der Waals surface area contributed by atoms with E-state index in [1.807, 2.05) is 0 Å². The molecule has 2 aliphatic rings. The van der Waals surface area contributed by atoms with Gasteiger partial charge in [0, 0.05) is 49.3 Å². The molecule has 0 aliphatic heterocycles. The van der Waals surface area contributed by atoms with Crippen LogP contribution >= 0.6 is 23.2 Å². The predicted octanol–water partition coefficient (Wildman–Crippen LogP) is 5.57. The van der Waals surface area contributed by atoms with Crippen molar-refractivity contribution in [3.8, 4) is 23.6 Å². The summed E-state index contributed by atoms with van der Waals surface area (Å²) in [5, 5.41) is 30.7. The van der Waals surface area contributed by atoms with Crippen LogP contribution in [0.1, 0.15) is 71.3 Å². The highest BCUT2D eigenvalue weighted by Gasteiger charge is 2.29. The van der Waals surface area contributed by atoms with Gasteiger partial charge in [-0.05, 0) is 134 Å². The molecular formula is C50H60Cl2N8O12S2. The number of nitrogens with one attached hydrogen (secondary N) is 6. The zero-order valence-corrected chi connectivity index (χ0v) is 43.7. The van der Waals surface area contributed by atoms with E-state index in [9.17, 15) is 36.9 Å². The summed E-state index contributed by atoms with van der Waals surface area (Å²) in [6.45, 7) is 3.25. The van der Waals surface area contributed by atoms with Crippen LogP contribution < -0.4 is 40.2 Å². The molecule has 2 aliphatic carbocycles. The van der Waals surface area contributed by atoms with E-state index in [-0.39, 0.29) is 113 Å². The van der Waals surface area contributed by atoms with E-state index in [1.54, 1.807) is 48.5 Å². The summed E-state index contributed by atoms with van der Waals surface area (Å²) >= 11 is 12.4. The maximum atomic E-state index is 12.8. The zero-order valence-electron chi connectivity index (χ0n) is 40.6. The second kappa shape index (κ2) is 29.4. The molecule has 6 rings (SSSR count). The van der Waals surface area contributed by atoms with Gasteiger partial charge in [-0.25, -0.2) is 35.9 Å². The number of fused-ring (bicyclic) bond motifs is 2. The number of sulfonamides is 2. The molecule has 0 saturated heterocycles.